The van der Waals surface area contributed by atoms with Crippen molar-refractivity contribution in [3.05, 3.63) is 42.0 Å². The quantitative estimate of drug-likeness (QED) is 0.828. The van der Waals surface area contributed by atoms with Crippen molar-refractivity contribution >= 4 is 17.5 Å². The third-order valence-corrected chi connectivity index (χ3v) is 3.35. The maximum absolute atomic E-state index is 12.0. The van der Waals surface area contributed by atoms with Crippen LogP contribution < -0.4 is 10.6 Å². The molecule has 20 heavy (non-hydrogen) atoms. The van der Waals surface area contributed by atoms with E-state index in [0.29, 0.717) is 6.54 Å². The number of nitrogens with one attached hydrogen (secondary N) is 2. The summed E-state index contributed by atoms with van der Waals surface area (Å²) in [7, 11) is 0. The average Bonchev–Trinajstić information content (AvgIpc) is 2.47. The van der Waals surface area contributed by atoms with Crippen LogP contribution in [-0.4, -0.2) is 11.8 Å². The summed E-state index contributed by atoms with van der Waals surface area (Å²) in [6.07, 6.45) is 7.13. The summed E-state index contributed by atoms with van der Waals surface area (Å²) in [6, 6.07) is 7.54. The highest BCUT2D eigenvalue weighted by atomic mass is 16.2. The average molecular weight is 272 g/mol. The van der Waals surface area contributed by atoms with Crippen LogP contribution in [-0.2, 0) is 16.1 Å². The molecule has 0 saturated heterocycles. The smallest absolute Gasteiger partial charge is 0.231 e. The van der Waals surface area contributed by atoms with Crippen LogP contribution in [0, 0.1) is 5.92 Å². The lowest BCUT2D eigenvalue weighted by atomic mass is 9.95. The second-order valence-corrected chi connectivity index (χ2v) is 5.06. The van der Waals surface area contributed by atoms with Crippen molar-refractivity contribution in [2.24, 2.45) is 5.92 Å². The Labute approximate surface area is 119 Å². The van der Waals surface area contributed by atoms with Gasteiger partial charge in [-0.15, -0.1) is 0 Å². The van der Waals surface area contributed by atoms with Gasteiger partial charge in [-0.3, -0.25) is 9.59 Å². The Kier molecular flexibility index (Phi) is 4.93. The number of amides is 2. The topological polar surface area (TPSA) is 58.2 Å². The van der Waals surface area contributed by atoms with E-state index in [4.69, 9.17) is 0 Å². The minimum absolute atomic E-state index is 0.0113. The molecule has 106 valence electrons. The highest BCUT2D eigenvalue weighted by Gasteiger charge is 2.17. The Balaban J connectivity index is 1.89. The Hall–Kier alpha value is -2.10. The zero-order valence-corrected chi connectivity index (χ0v) is 11.7. The van der Waals surface area contributed by atoms with Crippen molar-refractivity contribution in [1.82, 2.24) is 5.32 Å². The van der Waals surface area contributed by atoms with E-state index >= 15 is 0 Å². The summed E-state index contributed by atoms with van der Waals surface area (Å²) in [5.74, 6) is -0.00941. The Morgan fingerprint density at radius 3 is 2.60 bits per heavy atom. The maximum Gasteiger partial charge on any atom is 0.231 e. The van der Waals surface area contributed by atoms with Gasteiger partial charge >= 0.3 is 0 Å². The highest BCUT2D eigenvalue weighted by Crippen LogP contribution is 2.19. The van der Waals surface area contributed by atoms with E-state index in [-0.39, 0.29) is 17.7 Å². The first-order valence-corrected chi connectivity index (χ1v) is 6.96. The SMILES string of the molecule is CC(=O)NCc1ccc(NC(=O)C2C=CCCC2)cc1. The van der Waals surface area contributed by atoms with E-state index < -0.39 is 0 Å². The Morgan fingerprint density at radius 2 is 2.00 bits per heavy atom. The number of carbonyl (C=O) groups is 2. The van der Waals surface area contributed by atoms with Crippen LogP contribution >= 0.6 is 0 Å². The zero-order chi connectivity index (χ0) is 14.4. The monoisotopic (exact) mass is 272 g/mol. The lowest BCUT2D eigenvalue weighted by Crippen LogP contribution is -2.22. The van der Waals surface area contributed by atoms with Crippen molar-refractivity contribution in [3.8, 4) is 0 Å². The normalized spacial score (nSPS) is 17.6. The van der Waals surface area contributed by atoms with Crippen LogP contribution in [0.2, 0.25) is 0 Å². The molecule has 0 heterocycles. The molecule has 0 aliphatic heterocycles. The van der Waals surface area contributed by atoms with E-state index in [9.17, 15) is 9.59 Å². The minimum atomic E-state index is -0.0496. The zero-order valence-electron chi connectivity index (χ0n) is 11.7. The number of carbonyl (C=O) groups excluding carboxylic acids is 2. The molecule has 1 aromatic rings. The molecule has 4 nitrogen and oxygen atoms in total. The van der Waals surface area contributed by atoms with E-state index in [1.807, 2.05) is 30.3 Å². The van der Waals surface area contributed by atoms with E-state index in [2.05, 4.69) is 16.7 Å². The van der Waals surface area contributed by atoms with E-state index in [0.717, 1.165) is 30.5 Å². The molecule has 0 radical (unpaired) electrons. The first-order chi connectivity index (χ1) is 9.65. The molecule has 0 spiro atoms. The minimum Gasteiger partial charge on any atom is -0.352 e. The second kappa shape index (κ2) is 6.89. The molecule has 2 amide bonds. The van der Waals surface area contributed by atoms with Crippen LogP contribution in [0.15, 0.2) is 36.4 Å². The van der Waals surface area contributed by atoms with Crippen molar-refractivity contribution < 1.29 is 9.59 Å². The van der Waals surface area contributed by atoms with Gasteiger partial charge in [0.25, 0.3) is 0 Å². The first-order valence-electron chi connectivity index (χ1n) is 6.96. The predicted octanol–water partition coefficient (Wildman–Crippen LogP) is 2.62. The fourth-order valence-corrected chi connectivity index (χ4v) is 2.20. The van der Waals surface area contributed by atoms with E-state index in [1.54, 1.807) is 0 Å². The molecule has 0 saturated carbocycles. The summed E-state index contributed by atoms with van der Waals surface area (Å²) < 4.78 is 0. The number of benzene rings is 1. The van der Waals surface area contributed by atoms with Gasteiger partial charge in [-0.1, -0.05) is 24.3 Å². The van der Waals surface area contributed by atoms with E-state index in [1.165, 1.54) is 6.92 Å². The molecular formula is C16H20N2O2. The van der Waals surface area contributed by atoms with Gasteiger partial charge < -0.3 is 10.6 Å². The Morgan fingerprint density at radius 1 is 1.25 bits per heavy atom. The molecule has 2 N–H and O–H groups in total. The lowest BCUT2D eigenvalue weighted by Gasteiger charge is -2.16. The maximum atomic E-state index is 12.0. The molecule has 0 aromatic heterocycles. The van der Waals surface area contributed by atoms with Gasteiger partial charge in [-0.25, -0.2) is 0 Å². The largest absolute Gasteiger partial charge is 0.352 e. The second-order valence-electron chi connectivity index (χ2n) is 5.06. The number of rotatable bonds is 4. The first kappa shape index (κ1) is 14.3. The molecule has 0 bridgehead atoms. The number of hydrogen-bond donors (Lipinski definition) is 2. The standard InChI is InChI=1S/C16H20N2O2/c1-12(19)17-11-13-7-9-15(10-8-13)18-16(20)14-5-3-2-4-6-14/h3,5,7-10,14H,2,4,6,11H2,1H3,(H,17,19)(H,18,20). The Bertz CT molecular complexity index is 506. The van der Waals surface area contributed by atoms with Crippen molar-refractivity contribution in [2.75, 3.05) is 5.32 Å². The van der Waals surface area contributed by atoms with Crippen LogP contribution in [0.3, 0.4) is 0 Å². The van der Waals surface area contributed by atoms with Crippen molar-refractivity contribution in [1.29, 1.82) is 0 Å². The molecule has 1 unspecified atom stereocenters. The molecule has 1 atom stereocenters. The summed E-state index contributed by atoms with van der Waals surface area (Å²) in [4.78, 5) is 22.9. The predicted molar refractivity (Wildman–Crippen MR) is 79.1 cm³/mol. The van der Waals surface area contributed by atoms with Crippen molar-refractivity contribution in [2.45, 2.75) is 32.7 Å². The number of anilines is 1. The van der Waals surface area contributed by atoms with Gasteiger partial charge in [0.1, 0.15) is 0 Å². The molecule has 2 rings (SSSR count). The molecule has 1 aliphatic rings. The van der Waals surface area contributed by atoms with Crippen LogP contribution in [0.5, 0.6) is 0 Å². The van der Waals surface area contributed by atoms with Crippen LogP contribution in [0.25, 0.3) is 0 Å². The molecule has 1 aliphatic carbocycles. The summed E-state index contributed by atoms with van der Waals surface area (Å²) in [5, 5.41) is 5.66. The van der Waals surface area contributed by atoms with Gasteiger partial charge in [0.05, 0.1) is 5.92 Å². The number of hydrogen-bond acceptors (Lipinski definition) is 2. The third kappa shape index (κ3) is 4.23. The fraction of sp³-hybridized carbons (Fsp3) is 0.375. The molecule has 1 aromatic carbocycles. The summed E-state index contributed by atoms with van der Waals surface area (Å²) >= 11 is 0. The van der Waals surface area contributed by atoms with Crippen LogP contribution in [0.4, 0.5) is 5.69 Å². The molecule has 0 fully saturated rings. The van der Waals surface area contributed by atoms with Gasteiger partial charge in [0, 0.05) is 19.2 Å². The highest BCUT2D eigenvalue weighted by molar-refractivity contribution is 5.93. The molecule has 4 heteroatoms. The van der Waals surface area contributed by atoms with Gasteiger partial charge in [-0.05, 0) is 37.0 Å². The number of allylic oxidation sites excluding steroid dienone is 1. The lowest BCUT2D eigenvalue weighted by molar-refractivity contribution is -0.119. The van der Waals surface area contributed by atoms with Crippen molar-refractivity contribution in [3.63, 3.8) is 0 Å². The van der Waals surface area contributed by atoms with Gasteiger partial charge in [0.2, 0.25) is 11.8 Å². The third-order valence-electron chi connectivity index (χ3n) is 3.35. The summed E-state index contributed by atoms with van der Waals surface area (Å²) in [5.41, 5.74) is 1.80. The molecular weight excluding hydrogens is 252 g/mol. The fourth-order valence-electron chi connectivity index (χ4n) is 2.20. The summed E-state index contributed by atoms with van der Waals surface area (Å²) in [6.45, 7) is 2.00. The van der Waals surface area contributed by atoms with Gasteiger partial charge in [0.15, 0.2) is 0 Å². The van der Waals surface area contributed by atoms with Gasteiger partial charge in [-0.2, -0.15) is 0 Å². The van der Waals surface area contributed by atoms with Crippen LogP contribution in [0.1, 0.15) is 31.7 Å².